The van der Waals surface area contributed by atoms with Gasteiger partial charge in [0, 0.05) is 43.3 Å². The van der Waals surface area contributed by atoms with E-state index in [4.69, 9.17) is 11.6 Å². The minimum Gasteiger partial charge on any atom is -0.368 e. The van der Waals surface area contributed by atoms with Gasteiger partial charge in [0.15, 0.2) is 0 Å². The molecule has 2 heterocycles. The van der Waals surface area contributed by atoms with Crippen molar-refractivity contribution >= 4 is 23.2 Å². The van der Waals surface area contributed by atoms with Gasteiger partial charge in [0.25, 0.3) is 5.56 Å². The van der Waals surface area contributed by atoms with Crippen LogP contribution in [-0.4, -0.2) is 41.4 Å². The molecular weight excluding hydrogens is 362 g/mol. The molecule has 2 aromatic carbocycles. The van der Waals surface area contributed by atoms with Gasteiger partial charge in [-0.25, -0.2) is 0 Å². The van der Waals surface area contributed by atoms with E-state index in [-0.39, 0.29) is 5.56 Å². The molecule has 0 radical (unpaired) electrons. The van der Waals surface area contributed by atoms with Crippen LogP contribution in [0.1, 0.15) is 11.3 Å². The van der Waals surface area contributed by atoms with Gasteiger partial charge in [-0.2, -0.15) is 0 Å². The van der Waals surface area contributed by atoms with Crippen LogP contribution >= 0.6 is 11.6 Å². The summed E-state index contributed by atoms with van der Waals surface area (Å²) in [5.41, 5.74) is 2.41. The molecule has 0 unspecified atom stereocenters. The number of piperazine rings is 1. The minimum absolute atomic E-state index is 0.180. The average molecular weight is 382 g/mol. The Morgan fingerprint density at radius 3 is 2.37 bits per heavy atom. The summed E-state index contributed by atoms with van der Waals surface area (Å²) in [7, 11) is 0. The summed E-state index contributed by atoms with van der Waals surface area (Å²) in [6, 6.07) is 17.7. The Hall–Kier alpha value is -2.86. The number of hydrogen-bond acceptors (Lipinski definition) is 5. The second kappa shape index (κ2) is 7.80. The molecule has 1 aromatic heterocycles. The summed E-state index contributed by atoms with van der Waals surface area (Å²) >= 11 is 6.08. The lowest BCUT2D eigenvalue weighted by molar-refractivity contribution is 0.631. The third-order valence-corrected chi connectivity index (χ3v) is 4.95. The van der Waals surface area contributed by atoms with Gasteiger partial charge in [0.1, 0.15) is 5.69 Å². The second-order valence-electron chi connectivity index (χ2n) is 6.54. The number of hydrogen-bond donors (Lipinski definition) is 1. The summed E-state index contributed by atoms with van der Waals surface area (Å²) in [6.45, 7) is 3.18. The van der Waals surface area contributed by atoms with Crippen molar-refractivity contribution in [3.05, 3.63) is 81.2 Å². The highest BCUT2D eigenvalue weighted by atomic mass is 35.5. The van der Waals surface area contributed by atoms with Crippen LogP contribution in [0.5, 0.6) is 0 Å². The maximum absolute atomic E-state index is 12.4. The zero-order valence-electron chi connectivity index (χ0n) is 14.8. The van der Waals surface area contributed by atoms with Gasteiger partial charge in [-0.15, -0.1) is 10.2 Å². The highest BCUT2D eigenvalue weighted by Crippen LogP contribution is 2.21. The maximum Gasteiger partial charge on any atom is 0.274 e. The molecule has 6 nitrogen and oxygen atoms in total. The Morgan fingerprint density at radius 1 is 0.926 bits per heavy atom. The van der Waals surface area contributed by atoms with Crippen LogP contribution in [0.4, 0.5) is 11.6 Å². The van der Waals surface area contributed by atoms with E-state index in [0.29, 0.717) is 18.1 Å². The number of aromatic nitrogens is 3. The van der Waals surface area contributed by atoms with Gasteiger partial charge in [0.05, 0.1) is 0 Å². The monoisotopic (exact) mass is 381 g/mol. The van der Waals surface area contributed by atoms with Crippen molar-refractivity contribution in [3.63, 3.8) is 0 Å². The number of rotatable bonds is 4. The van der Waals surface area contributed by atoms with Gasteiger partial charge < -0.3 is 9.80 Å². The van der Waals surface area contributed by atoms with Crippen LogP contribution < -0.4 is 15.4 Å². The van der Waals surface area contributed by atoms with Crippen molar-refractivity contribution in [1.82, 2.24) is 15.2 Å². The zero-order valence-corrected chi connectivity index (χ0v) is 15.6. The molecule has 0 bridgehead atoms. The van der Waals surface area contributed by atoms with Crippen LogP contribution in [-0.2, 0) is 6.42 Å². The Kier molecular flexibility index (Phi) is 5.07. The van der Waals surface area contributed by atoms with Gasteiger partial charge >= 0.3 is 0 Å². The molecule has 0 saturated carbocycles. The van der Waals surface area contributed by atoms with E-state index in [9.17, 15) is 4.79 Å². The first-order chi connectivity index (χ1) is 13.2. The molecule has 1 N–H and O–H groups in total. The largest absolute Gasteiger partial charge is 0.368 e. The maximum atomic E-state index is 12.4. The molecule has 0 atom stereocenters. The van der Waals surface area contributed by atoms with E-state index in [2.05, 4.69) is 31.0 Å². The number of nitrogens with zero attached hydrogens (tertiary/aromatic N) is 4. The highest BCUT2D eigenvalue weighted by Gasteiger charge is 2.20. The Labute approximate surface area is 162 Å². The molecule has 27 heavy (non-hydrogen) atoms. The minimum atomic E-state index is -0.180. The van der Waals surface area contributed by atoms with E-state index in [1.807, 2.05) is 48.5 Å². The van der Waals surface area contributed by atoms with Crippen molar-refractivity contribution in [1.29, 1.82) is 0 Å². The molecule has 0 amide bonds. The van der Waals surface area contributed by atoms with Crippen molar-refractivity contribution < 1.29 is 0 Å². The number of nitrogens with one attached hydrogen (secondary N) is 1. The van der Waals surface area contributed by atoms with Gasteiger partial charge in [-0.3, -0.25) is 9.78 Å². The Balaban J connectivity index is 1.43. The number of halogens is 1. The van der Waals surface area contributed by atoms with Gasteiger partial charge in [-0.1, -0.05) is 48.0 Å². The van der Waals surface area contributed by atoms with E-state index in [0.717, 1.165) is 42.5 Å². The fourth-order valence-electron chi connectivity index (χ4n) is 3.25. The highest BCUT2D eigenvalue weighted by molar-refractivity contribution is 6.30. The number of H-pyrrole nitrogens is 1. The predicted molar refractivity (Wildman–Crippen MR) is 108 cm³/mol. The number of aromatic amines is 1. The van der Waals surface area contributed by atoms with Crippen molar-refractivity contribution in [3.8, 4) is 0 Å². The second-order valence-corrected chi connectivity index (χ2v) is 6.98. The van der Waals surface area contributed by atoms with Crippen LogP contribution in [0.25, 0.3) is 0 Å². The van der Waals surface area contributed by atoms with E-state index >= 15 is 0 Å². The Bertz CT molecular complexity index is 967. The molecule has 7 heteroatoms. The quantitative estimate of drug-likeness (QED) is 0.752. The molecule has 1 saturated heterocycles. The van der Waals surface area contributed by atoms with Crippen molar-refractivity contribution in [2.24, 2.45) is 0 Å². The molecule has 0 aliphatic carbocycles. The molecular formula is C20H20ClN5O. The summed E-state index contributed by atoms with van der Waals surface area (Å²) in [5.74, 6) is 0.530. The molecule has 138 valence electrons. The Morgan fingerprint density at radius 2 is 1.67 bits per heavy atom. The SMILES string of the molecule is O=c1[nH]c(N2CCN(c3cccc(Cl)c3)CC2)nnc1Cc1ccccc1. The summed E-state index contributed by atoms with van der Waals surface area (Å²) < 4.78 is 0. The predicted octanol–water partition coefficient (Wildman–Crippen LogP) is 2.74. The van der Waals surface area contributed by atoms with Gasteiger partial charge in [-0.05, 0) is 23.8 Å². The number of anilines is 2. The molecule has 0 spiro atoms. The standard InChI is InChI=1S/C20H20ClN5O/c21-16-7-4-8-17(14-16)25-9-11-26(12-10-25)20-22-19(27)18(23-24-20)13-15-5-2-1-3-6-15/h1-8,14H,9-13H2,(H,22,24,27). The fourth-order valence-corrected chi connectivity index (χ4v) is 3.43. The van der Waals surface area contributed by atoms with Crippen molar-refractivity contribution in [2.45, 2.75) is 6.42 Å². The van der Waals surface area contributed by atoms with E-state index in [1.54, 1.807) is 0 Å². The first kappa shape index (κ1) is 17.5. The third kappa shape index (κ3) is 4.11. The molecule has 1 aliphatic rings. The molecule has 3 aromatic rings. The topological polar surface area (TPSA) is 65.1 Å². The number of benzene rings is 2. The first-order valence-corrected chi connectivity index (χ1v) is 9.32. The summed E-state index contributed by atoms with van der Waals surface area (Å²) in [5, 5.41) is 9.16. The van der Waals surface area contributed by atoms with E-state index < -0.39 is 0 Å². The normalized spacial score (nSPS) is 14.4. The summed E-state index contributed by atoms with van der Waals surface area (Å²) in [4.78, 5) is 19.6. The van der Waals surface area contributed by atoms with Crippen molar-refractivity contribution in [2.75, 3.05) is 36.0 Å². The lowest BCUT2D eigenvalue weighted by atomic mass is 10.1. The van der Waals surface area contributed by atoms with Gasteiger partial charge in [0.2, 0.25) is 5.95 Å². The van der Waals surface area contributed by atoms with Crippen LogP contribution in [0.15, 0.2) is 59.4 Å². The van der Waals surface area contributed by atoms with Crippen LogP contribution in [0.2, 0.25) is 5.02 Å². The van der Waals surface area contributed by atoms with E-state index in [1.165, 1.54) is 0 Å². The lowest BCUT2D eigenvalue weighted by Crippen LogP contribution is -2.47. The van der Waals surface area contributed by atoms with Crippen LogP contribution in [0, 0.1) is 0 Å². The van der Waals surface area contributed by atoms with Crippen LogP contribution in [0.3, 0.4) is 0 Å². The zero-order chi connectivity index (χ0) is 18.6. The fraction of sp³-hybridized carbons (Fsp3) is 0.250. The third-order valence-electron chi connectivity index (χ3n) is 4.72. The lowest BCUT2D eigenvalue weighted by Gasteiger charge is -2.36. The first-order valence-electron chi connectivity index (χ1n) is 8.94. The molecule has 1 aliphatic heterocycles. The smallest absolute Gasteiger partial charge is 0.274 e. The molecule has 4 rings (SSSR count). The molecule has 1 fully saturated rings. The summed E-state index contributed by atoms with van der Waals surface area (Å²) in [6.07, 6.45) is 0.478. The average Bonchev–Trinajstić information content (AvgIpc) is 2.70.